The number of benzene rings is 1. The Kier molecular flexibility index (Phi) is 2.26. The molecule has 0 saturated heterocycles. The lowest BCUT2D eigenvalue weighted by atomic mass is 9.95. The van der Waals surface area contributed by atoms with Crippen molar-refractivity contribution >= 4 is 10.9 Å². The van der Waals surface area contributed by atoms with E-state index in [1.807, 2.05) is 36.4 Å². The average Bonchev–Trinajstić information content (AvgIpc) is 3.06. The molecule has 2 aromatic heterocycles. The highest BCUT2D eigenvalue weighted by Gasteiger charge is 2.41. The fourth-order valence-electron chi connectivity index (χ4n) is 2.74. The van der Waals surface area contributed by atoms with Gasteiger partial charge in [-0.15, -0.1) is 0 Å². The molecule has 0 bridgehead atoms. The molecule has 100 valence electrons. The maximum atomic E-state index is 6.44. The lowest BCUT2D eigenvalue weighted by molar-refractivity contribution is 0.748. The van der Waals surface area contributed by atoms with Crippen molar-refractivity contribution in [1.82, 2.24) is 14.8 Å². The van der Waals surface area contributed by atoms with Crippen molar-refractivity contribution in [1.29, 1.82) is 0 Å². The standard InChI is InChI=1S/C16H16N4/c1-20-10-12(9-19-20)11-7-14(16(17)4-5-16)13-3-2-6-18-15(13)8-11/h2-3,6-10H,4-5,17H2,1H3. The monoisotopic (exact) mass is 264 g/mol. The summed E-state index contributed by atoms with van der Waals surface area (Å²) in [4.78, 5) is 4.49. The Morgan fingerprint density at radius 2 is 2.10 bits per heavy atom. The van der Waals surface area contributed by atoms with Crippen molar-refractivity contribution in [2.24, 2.45) is 12.8 Å². The van der Waals surface area contributed by atoms with Crippen LogP contribution in [0.4, 0.5) is 0 Å². The van der Waals surface area contributed by atoms with Gasteiger partial charge in [0.05, 0.1) is 11.7 Å². The second-order valence-corrected chi connectivity index (χ2v) is 5.65. The number of fused-ring (bicyclic) bond motifs is 1. The van der Waals surface area contributed by atoms with Gasteiger partial charge in [0.1, 0.15) is 0 Å². The Hall–Kier alpha value is -2.20. The highest BCUT2D eigenvalue weighted by Crippen LogP contribution is 2.46. The van der Waals surface area contributed by atoms with Crippen LogP contribution >= 0.6 is 0 Å². The minimum absolute atomic E-state index is 0.167. The van der Waals surface area contributed by atoms with Gasteiger partial charge in [-0.25, -0.2) is 0 Å². The van der Waals surface area contributed by atoms with Gasteiger partial charge in [-0.1, -0.05) is 6.07 Å². The summed E-state index contributed by atoms with van der Waals surface area (Å²) < 4.78 is 1.81. The molecule has 1 aliphatic rings. The normalized spacial score (nSPS) is 16.5. The SMILES string of the molecule is Cn1cc(-c2cc(C3(N)CC3)c3cccnc3c2)cn1. The first-order valence-electron chi connectivity index (χ1n) is 6.83. The number of aromatic nitrogens is 3. The van der Waals surface area contributed by atoms with E-state index in [0.29, 0.717) is 0 Å². The molecule has 1 saturated carbocycles. The summed E-state index contributed by atoms with van der Waals surface area (Å²) >= 11 is 0. The summed E-state index contributed by atoms with van der Waals surface area (Å²) in [6.07, 6.45) is 7.82. The Labute approximate surface area is 117 Å². The second-order valence-electron chi connectivity index (χ2n) is 5.65. The van der Waals surface area contributed by atoms with Crippen LogP contribution in [0.1, 0.15) is 18.4 Å². The summed E-state index contributed by atoms with van der Waals surface area (Å²) in [5.74, 6) is 0. The van der Waals surface area contributed by atoms with Crippen LogP contribution in [0.15, 0.2) is 42.9 Å². The molecule has 0 atom stereocenters. The molecule has 1 aliphatic carbocycles. The molecule has 4 heteroatoms. The van der Waals surface area contributed by atoms with E-state index in [2.05, 4.69) is 28.3 Å². The largest absolute Gasteiger partial charge is 0.321 e. The van der Waals surface area contributed by atoms with E-state index in [9.17, 15) is 0 Å². The Bertz CT molecular complexity index is 799. The first kappa shape index (κ1) is 11.6. The lowest BCUT2D eigenvalue weighted by Gasteiger charge is -2.14. The topological polar surface area (TPSA) is 56.7 Å². The molecule has 1 fully saturated rings. The van der Waals surface area contributed by atoms with Gasteiger partial charge in [-0.05, 0) is 42.2 Å². The predicted octanol–water partition coefficient (Wildman–Crippen LogP) is 2.58. The van der Waals surface area contributed by atoms with Gasteiger partial charge in [0.25, 0.3) is 0 Å². The molecular formula is C16H16N4. The van der Waals surface area contributed by atoms with Crippen LogP contribution in [0.25, 0.3) is 22.0 Å². The van der Waals surface area contributed by atoms with Crippen LogP contribution < -0.4 is 5.73 Å². The van der Waals surface area contributed by atoms with E-state index in [4.69, 9.17) is 5.73 Å². The number of aryl methyl sites for hydroxylation is 1. The highest BCUT2D eigenvalue weighted by molar-refractivity contribution is 5.88. The minimum atomic E-state index is -0.167. The zero-order valence-corrected chi connectivity index (χ0v) is 11.4. The highest BCUT2D eigenvalue weighted by atomic mass is 15.2. The molecule has 0 amide bonds. The van der Waals surface area contributed by atoms with Crippen molar-refractivity contribution in [2.75, 3.05) is 0 Å². The van der Waals surface area contributed by atoms with Gasteiger partial charge in [-0.3, -0.25) is 9.67 Å². The molecule has 2 N–H and O–H groups in total. The molecule has 20 heavy (non-hydrogen) atoms. The van der Waals surface area contributed by atoms with Crippen LogP contribution in [0.2, 0.25) is 0 Å². The van der Waals surface area contributed by atoms with Gasteiger partial charge in [-0.2, -0.15) is 5.10 Å². The summed E-state index contributed by atoms with van der Waals surface area (Å²) in [6, 6.07) is 8.40. The van der Waals surface area contributed by atoms with Crippen molar-refractivity contribution in [2.45, 2.75) is 18.4 Å². The minimum Gasteiger partial charge on any atom is -0.321 e. The van der Waals surface area contributed by atoms with Crippen molar-refractivity contribution in [3.05, 3.63) is 48.4 Å². The summed E-state index contributed by atoms with van der Waals surface area (Å²) in [5, 5.41) is 5.41. The fraction of sp³-hybridized carbons (Fsp3) is 0.250. The van der Waals surface area contributed by atoms with Crippen LogP contribution in [-0.4, -0.2) is 14.8 Å². The summed E-state index contributed by atoms with van der Waals surface area (Å²) in [5.41, 5.74) is 10.7. The molecule has 0 radical (unpaired) electrons. The molecule has 0 unspecified atom stereocenters. The molecule has 0 aliphatic heterocycles. The molecule has 4 nitrogen and oxygen atoms in total. The first-order chi connectivity index (χ1) is 9.66. The van der Waals surface area contributed by atoms with E-state index < -0.39 is 0 Å². The smallest absolute Gasteiger partial charge is 0.0711 e. The van der Waals surface area contributed by atoms with Crippen LogP contribution in [0.3, 0.4) is 0 Å². The first-order valence-corrected chi connectivity index (χ1v) is 6.83. The molecular weight excluding hydrogens is 248 g/mol. The van der Waals surface area contributed by atoms with Crippen LogP contribution in [0.5, 0.6) is 0 Å². The lowest BCUT2D eigenvalue weighted by Crippen LogP contribution is -2.19. The average molecular weight is 264 g/mol. The third kappa shape index (κ3) is 1.72. The third-order valence-electron chi connectivity index (χ3n) is 4.08. The number of nitrogens with two attached hydrogens (primary N) is 1. The van der Waals surface area contributed by atoms with E-state index in [0.717, 1.165) is 29.5 Å². The van der Waals surface area contributed by atoms with Crippen molar-refractivity contribution < 1.29 is 0 Å². The number of nitrogens with zero attached hydrogens (tertiary/aromatic N) is 3. The fourth-order valence-corrected chi connectivity index (χ4v) is 2.74. The molecule has 2 heterocycles. The summed E-state index contributed by atoms with van der Waals surface area (Å²) in [7, 11) is 1.93. The number of hydrogen-bond acceptors (Lipinski definition) is 3. The molecule has 1 aromatic carbocycles. The Balaban J connectivity index is 1.99. The zero-order chi connectivity index (χ0) is 13.7. The Morgan fingerprint density at radius 1 is 1.25 bits per heavy atom. The van der Waals surface area contributed by atoms with E-state index in [1.165, 1.54) is 10.9 Å². The van der Waals surface area contributed by atoms with Gasteiger partial charge in [0.15, 0.2) is 0 Å². The van der Waals surface area contributed by atoms with E-state index in [-0.39, 0.29) is 5.54 Å². The zero-order valence-electron chi connectivity index (χ0n) is 11.4. The van der Waals surface area contributed by atoms with Gasteiger partial charge in [0.2, 0.25) is 0 Å². The Morgan fingerprint density at radius 3 is 2.80 bits per heavy atom. The number of hydrogen-bond donors (Lipinski definition) is 1. The third-order valence-corrected chi connectivity index (χ3v) is 4.08. The predicted molar refractivity (Wildman–Crippen MR) is 79.0 cm³/mol. The maximum absolute atomic E-state index is 6.44. The number of pyridine rings is 1. The van der Waals surface area contributed by atoms with E-state index in [1.54, 1.807) is 0 Å². The molecule has 3 aromatic rings. The van der Waals surface area contributed by atoms with Crippen LogP contribution in [-0.2, 0) is 12.6 Å². The quantitative estimate of drug-likeness (QED) is 0.774. The van der Waals surface area contributed by atoms with E-state index >= 15 is 0 Å². The number of rotatable bonds is 2. The van der Waals surface area contributed by atoms with Crippen molar-refractivity contribution in [3.63, 3.8) is 0 Å². The van der Waals surface area contributed by atoms with Gasteiger partial charge < -0.3 is 5.73 Å². The summed E-state index contributed by atoms with van der Waals surface area (Å²) in [6.45, 7) is 0. The van der Waals surface area contributed by atoms with Crippen LogP contribution in [0, 0.1) is 0 Å². The maximum Gasteiger partial charge on any atom is 0.0711 e. The van der Waals surface area contributed by atoms with Gasteiger partial charge in [0, 0.05) is 35.9 Å². The van der Waals surface area contributed by atoms with Gasteiger partial charge >= 0.3 is 0 Å². The molecule has 0 spiro atoms. The second kappa shape index (κ2) is 3.90. The van der Waals surface area contributed by atoms with Crippen molar-refractivity contribution in [3.8, 4) is 11.1 Å². The molecule has 4 rings (SSSR count).